The average Bonchev–Trinajstić information content (AvgIpc) is 2.69. The molecule has 0 amide bonds. The van der Waals surface area contributed by atoms with Crippen LogP contribution in [0.1, 0.15) is 82.6 Å². The van der Waals surface area contributed by atoms with Gasteiger partial charge in [0.2, 0.25) is 0 Å². The van der Waals surface area contributed by atoms with Crippen molar-refractivity contribution in [2.24, 2.45) is 23.7 Å². The lowest BCUT2D eigenvalue weighted by Gasteiger charge is -2.38. The van der Waals surface area contributed by atoms with E-state index in [1.807, 2.05) is 12.1 Å². The molecule has 0 atom stereocenters. The summed E-state index contributed by atoms with van der Waals surface area (Å²) in [6.45, 7) is 3.85. The van der Waals surface area contributed by atoms with Crippen LogP contribution >= 0.6 is 11.6 Å². The second kappa shape index (κ2) is 10.5. The van der Waals surface area contributed by atoms with E-state index in [0.29, 0.717) is 0 Å². The summed E-state index contributed by atoms with van der Waals surface area (Å²) in [6, 6.07) is 8.45. The predicted molar refractivity (Wildman–Crippen MR) is 115 cm³/mol. The number of halogens is 1. The molecule has 2 aliphatic rings. The molecule has 1 heteroatoms. The lowest BCUT2D eigenvalue weighted by Crippen LogP contribution is -2.26. The van der Waals surface area contributed by atoms with Crippen molar-refractivity contribution in [3.8, 4) is 0 Å². The van der Waals surface area contributed by atoms with Gasteiger partial charge in [0.15, 0.2) is 0 Å². The van der Waals surface area contributed by atoms with Crippen LogP contribution in [0.3, 0.4) is 0 Å². The molecule has 26 heavy (non-hydrogen) atoms. The van der Waals surface area contributed by atoms with E-state index in [9.17, 15) is 0 Å². The zero-order chi connectivity index (χ0) is 18.2. The fraction of sp³-hybridized carbons (Fsp3) is 0.680. The van der Waals surface area contributed by atoms with Crippen LogP contribution in [0, 0.1) is 23.7 Å². The number of benzene rings is 1. The number of aryl methyl sites for hydroxylation is 1. The van der Waals surface area contributed by atoms with Crippen molar-refractivity contribution in [1.29, 1.82) is 0 Å². The second-order valence-electron chi connectivity index (χ2n) is 8.95. The fourth-order valence-corrected chi connectivity index (χ4v) is 5.60. The molecule has 2 fully saturated rings. The van der Waals surface area contributed by atoms with E-state index in [-0.39, 0.29) is 0 Å². The molecule has 0 bridgehead atoms. The third-order valence-electron chi connectivity index (χ3n) is 7.22. The summed E-state index contributed by atoms with van der Waals surface area (Å²) in [6.07, 6.45) is 20.6. The highest BCUT2D eigenvalue weighted by Gasteiger charge is 2.30. The van der Waals surface area contributed by atoms with Gasteiger partial charge in [-0.3, -0.25) is 0 Å². The van der Waals surface area contributed by atoms with Crippen LogP contribution < -0.4 is 0 Å². The summed E-state index contributed by atoms with van der Waals surface area (Å²) < 4.78 is 0. The highest BCUT2D eigenvalue weighted by Crippen LogP contribution is 2.43. The molecule has 0 N–H and O–H groups in total. The standard InChI is InChI=1S/C25H37Cl/c1-2-3-4-5-20-8-14-23(15-9-20)24-16-10-21(11-17-24)6-7-22-12-18-25(26)19-13-22/h2,12-13,18-21,23-24H,1,3-11,14-17H2/t20-,21-,23-,24-. The van der Waals surface area contributed by atoms with Crippen LogP contribution in [0.5, 0.6) is 0 Å². The molecule has 1 aromatic carbocycles. The van der Waals surface area contributed by atoms with Gasteiger partial charge in [-0.05, 0) is 92.7 Å². The van der Waals surface area contributed by atoms with Gasteiger partial charge >= 0.3 is 0 Å². The normalized spacial score (nSPS) is 29.4. The quantitative estimate of drug-likeness (QED) is 0.318. The van der Waals surface area contributed by atoms with E-state index < -0.39 is 0 Å². The Morgan fingerprint density at radius 2 is 1.35 bits per heavy atom. The van der Waals surface area contributed by atoms with Crippen LogP contribution in [0.15, 0.2) is 36.9 Å². The van der Waals surface area contributed by atoms with Gasteiger partial charge in [0.25, 0.3) is 0 Å². The topological polar surface area (TPSA) is 0 Å². The average molecular weight is 373 g/mol. The van der Waals surface area contributed by atoms with Crippen molar-refractivity contribution in [2.45, 2.75) is 83.5 Å². The maximum atomic E-state index is 5.99. The number of hydrogen-bond acceptors (Lipinski definition) is 0. The van der Waals surface area contributed by atoms with Crippen LogP contribution in [-0.4, -0.2) is 0 Å². The Bertz CT molecular complexity index is 516. The Balaban J connectivity index is 1.32. The van der Waals surface area contributed by atoms with Crippen LogP contribution in [0.4, 0.5) is 0 Å². The summed E-state index contributed by atoms with van der Waals surface area (Å²) in [5.74, 6) is 4.05. The summed E-state index contributed by atoms with van der Waals surface area (Å²) in [4.78, 5) is 0. The summed E-state index contributed by atoms with van der Waals surface area (Å²) >= 11 is 5.99. The molecule has 0 aliphatic heterocycles. The van der Waals surface area contributed by atoms with Gasteiger partial charge in [-0.2, -0.15) is 0 Å². The van der Waals surface area contributed by atoms with Gasteiger partial charge in [0.1, 0.15) is 0 Å². The van der Waals surface area contributed by atoms with E-state index in [1.165, 1.54) is 89.0 Å². The maximum Gasteiger partial charge on any atom is 0.0406 e. The molecule has 2 saturated carbocycles. The zero-order valence-electron chi connectivity index (χ0n) is 16.5. The van der Waals surface area contributed by atoms with Crippen molar-refractivity contribution in [2.75, 3.05) is 0 Å². The van der Waals surface area contributed by atoms with Gasteiger partial charge in [-0.15, -0.1) is 6.58 Å². The largest absolute Gasteiger partial charge is 0.103 e. The molecule has 0 unspecified atom stereocenters. The van der Waals surface area contributed by atoms with Gasteiger partial charge in [-0.25, -0.2) is 0 Å². The minimum Gasteiger partial charge on any atom is -0.103 e. The van der Waals surface area contributed by atoms with E-state index in [4.69, 9.17) is 11.6 Å². The molecule has 144 valence electrons. The minimum atomic E-state index is 0.852. The van der Waals surface area contributed by atoms with Crippen molar-refractivity contribution >= 4 is 11.6 Å². The molecule has 0 radical (unpaired) electrons. The van der Waals surface area contributed by atoms with E-state index >= 15 is 0 Å². The Labute approximate surface area is 166 Å². The third kappa shape index (κ3) is 6.15. The van der Waals surface area contributed by atoms with Gasteiger partial charge in [0.05, 0.1) is 0 Å². The third-order valence-corrected chi connectivity index (χ3v) is 7.48. The molecule has 3 rings (SSSR count). The minimum absolute atomic E-state index is 0.852. The second-order valence-corrected chi connectivity index (χ2v) is 9.38. The first-order valence-electron chi connectivity index (χ1n) is 11.1. The Kier molecular flexibility index (Phi) is 8.11. The molecule has 0 aromatic heterocycles. The summed E-state index contributed by atoms with van der Waals surface area (Å²) in [5, 5.41) is 0.852. The Morgan fingerprint density at radius 3 is 1.88 bits per heavy atom. The molecule has 0 spiro atoms. The Hall–Kier alpha value is -0.750. The van der Waals surface area contributed by atoms with Gasteiger partial charge in [0, 0.05) is 5.02 Å². The van der Waals surface area contributed by atoms with Crippen molar-refractivity contribution in [1.82, 2.24) is 0 Å². The highest BCUT2D eigenvalue weighted by molar-refractivity contribution is 6.30. The molecular formula is C25H37Cl. The predicted octanol–water partition coefficient (Wildman–Crippen LogP) is 8.24. The number of allylic oxidation sites excluding steroid dienone is 1. The molecular weight excluding hydrogens is 336 g/mol. The molecule has 1 aromatic rings. The molecule has 0 nitrogen and oxygen atoms in total. The van der Waals surface area contributed by atoms with Crippen LogP contribution in [-0.2, 0) is 6.42 Å². The zero-order valence-corrected chi connectivity index (χ0v) is 17.2. The number of rotatable bonds is 8. The lowest BCUT2D eigenvalue weighted by atomic mass is 9.68. The van der Waals surface area contributed by atoms with E-state index in [1.54, 1.807) is 0 Å². The SMILES string of the molecule is C=CCCC[C@H]1CC[C@H]([C@H]2CC[C@H](CCc3ccc(Cl)cc3)CC2)CC1. The number of unbranched alkanes of at least 4 members (excludes halogenated alkanes) is 1. The fourth-order valence-electron chi connectivity index (χ4n) is 5.47. The van der Waals surface area contributed by atoms with Gasteiger partial charge < -0.3 is 0 Å². The van der Waals surface area contributed by atoms with E-state index in [2.05, 4.69) is 24.8 Å². The summed E-state index contributed by atoms with van der Waals surface area (Å²) in [7, 11) is 0. The van der Waals surface area contributed by atoms with Crippen molar-refractivity contribution in [3.63, 3.8) is 0 Å². The van der Waals surface area contributed by atoms with Gasteiger partial charge in [-0.1, -0.05) is 61.9 Å². The van der Waals surface area contributed by atoms with Crippen LogP contribution in [0.2, 0.25) is 5.02 Å². The van der Waals surface area contributed by atoms with Crippen LogP contribution in [0.25, 0.3) is 0 Å². The summed E-state index contributed by atoms with van der Waals surface area (Å²) in [5.41, 5.74) is 1.45. The first-order valence-corrected chi connectivity index (χ1v) is 11.5. The maximum absolute atomic E-state index is 5.99. The van der Waals surface area contributed by atoms with Crippen molar-refractivity contribution < 1.29 is 0 Å². The first kappa shape index (κ1) is 20.0. The molecule has 0 saturated heterocycles. The highest BCUT2D eigenvalue weighted by atomic mass is 35.5. The van der Waals surface area contributed by atoms with E-state index in [0.717, 1.165) is 28.7 Å². The smallest absolute Gasteiger partial charge is 0.0406 e. The Morgan fingerprint density at radius 1 is 0.808 bits per heavy atom. The first-order chi connectivity index (χ1) is 12.7. The lowest BCUT2D eigenvalue weighted by molar-refractivity contribution is 0.141. The number of hydrogen-bond donors (Lipinski definition) is 0. The molecule has 0 heterocycles. The monoisotopic (exact) mass is 372 g/mol. The molecule has 2 aliphatic carbocycles. The van der Waals surface area contributed by atoms with Crippen molar-refractivity contribution in [3.05, 3.63) is 47.5 Å².